The molecule has 1 aromatic heterocycles. The summed E-state index contributed by atoms with van der Waals surface area (Å²) in [6.45, 7) is 0.504. The second-order valence-corrected chi connectivity index (χ2v) is 5.95. The van der Waals surface area contributed by atoms with Crippen LogP contribution in [-0.4, -0.2) is 16.9 Å². The maximum Gasteiger partial charge on any atom is 0.282 e. The van der Waals surface area contributed by atoms with Crippen LogP contribution in [0, 0.1) is 0 Å². The van der Waals surface area contributed by atoms with Crippen molar-refractivity contribution in [3.63, 3.8) is 0 Å². The van der Waals surface area contributed by atoms with Crippen molar-refractivity contribution >= 4 is 51.1 Å². The Morgan fingerprint density at radius 2 is 1.88 bits per heavy atom. The number of nitrogens with one attached hydrogen (secondary N) is 2. The van der Waals surface area contributed by atoms with Gasteiger partial charge >= 0.3 is 0 Å². The van der Waals surface area contributed by atoms with Gasteiger partial charge in [-0.25, -0.2) is 0 Å². The number of fused-ring (bicyclic) bond motifs is 1. The van der Waals surface area contributed by atoms with Gasteiger partial charge in [-0.2, -0.15) is 4.99 Å². The number of aliphatic imine (C=N–C) groups is 1. The van der Waals surface area contributed by atoms with Crippen LogP contribution in [0.5, 0.6) is 0 Å². The van der Waals surface area contributed by atoms with Crippen molar-refractivity contribution in [2.24, 2.45) is 10.7 Å². The number of benzene rings is 2. The number of H-pyrrole nitrogens is 1. The third-order valence-corrected chi connectivity index (χ3v) is 3.96. The van der Waals surface area contributed by atoms with Crippen LogP contribution in [0.3, 0.4) is 0 Å². The highest BCUT2D eigenvalue weighted by Crippen LogP contribution is 2.18. The molecule has 0 atom stereocenters. The first-order valence-corrected chi connectivity index (χ1v) is 7.86. The van der Waals surface area contributed by atoms with Crippen LogP contribution in [0.2, 0.25) is 0 Å². The Bertz CT molecular complexity index is 874. The predicted molar refractivity (Wildman–Crippen MR) is 102 cm³/mol. The third kappa shape index (κ3) is 4.15. The number of para-hydroxylation sites is 1. The molecular weight excluding hydrogens is 392 g/mol. The standard InChI is InChI=1S/C17H15BrN4O.ClH/c18-12-7-5-11(6-8-12)9-21-17(19)22-16(23)14-10-20-15-4-2-1-3-13(14)15;/h1-8,10,20H,9H2,(H3,19,21,22,23);1H. The van der Waals surface area contributed by atoms with Crippen molar-refractivity contribution in [1.82, 2.24) is 10.3 Å². The molecule has 0 fully saturated rings. The molecule has 0 radical (unpaired) electrons. The molecule has 0 bridgehead atoms. The van der Waals surface area contributed by atoms with Gasteiger partial charge in [-0.1, -0.05) is 46.3 Å². The topological polar surface area (TPSA) is 83.3 Å². The van der Waals surface area contributed by atoms with Gasteiger partial charge in [-0.05, 0) is 23.8 Å². The van der Waals surface area contributed by atoms with Gasteiger partial charge in [0.15, 0.2) is 5.96 Å². The smallest absolute Gasteiger partial charge is 0.282 e. The molecule has 0 spiro atoms. The predicted octanol–water partition coefficient (Wildman–Crippen LogP) is 3.60. The summed E-state index contributed by atoms with van der Waals surface area (Å²) in [5.41, 5.74) is 8.25. The molecular formula is C17H16BrClN4O. The van der Waals surface area contributed by atoms with Crippen molar-refractivity contribution in [2.75, 3.05) is 0 Å². The lowest BCUT2D eigenvalue weighted by Crippen LogP contribution is -2.32. The number of guanidine groups is 1. The van der Waals surface area contributed by atoms with E-state index in [1.165, 1.54) is 0 Å². The fourth-order valence-electron chi connectivity index (χ4n) is 2.25. The number of hydrogen-bond donors (Lipinski definition) is 3. The zero-order chi connectivity index (χ0) is 16.2. The minimum absolute atomic E-state index is 0. The lowest BCUT2D eigenvalue weighted by Gasteiger charge is -2.05. The number of aromatic nitrogens is 1. The molecule has 0 unspecified atom stereocenters. The zero-order valence-electron chi connectivity index (χ0n) is 12.6. The highest BCUT2D eigenvalue weighted by Gasteiger charge is 2.11. The van der Waals surface area contributed by atoms with Crippen molar-refractivity contribution in [1.29, 1.82) is 0 Å². The van der Waals surface area contributed by atoms with Gasteiger partial charge in [-0.3, -0.25) is 4.79 Å². The number of carbonyl (C=O) groups is 1. The molecule has 7 heteroatoms. The molecule has 3 rings (SSSR count). The summed E-state index contributed by atoms with van der Waals surface area (Å²) in [7, 11) is 0. The fourth-order valence-corrected chi connectivity index (χ4v) is 2.52. The van der Waals surface area contributed by atoms with E-state index in [1.807, 2.05) is 48.5 Å². The first-order chi connectivity index (χ1) is 11.1. The van der Waals surface area contributed by atoms with E-state index in [0.717, 1.165) is 20.9 Å². The maximum absolute atomic E-state index is 12.3. The van der Waals surface area contributed by atoms with E-state index in [-0.39, 0.29) is 24.3 Å². The second kappa shape index (κ2) is 7.99. The molecule has 0 aliphatic carbocycles. The van der Waals surface area contributed by atoms with Gasteiger partial charge in [0.05, 0.1) is 5.56 Å². The number of carbonyl (C=O) groups excluding carboxylic acids is 1. The van der Waals surface area contributed by atoms with Crippen molar-refractivity contribution in [2.45, 2.75) is 6.54 Å². The monoisotopic (exact) mass is 406 g/mol. The molecule has 124 valence electrons. The Hall–Kier alpha value is -2.31. The Morgan fingerprint density at radius 1 is 1.17 bits per heavy atom. The van der Waals surface area contributed by atoms with Crippen LogP contribution in [0.1, 0.15) is 15.9 Å². The lowest BCUT2D eigenvalue weighted by atomic mass is 10.2. The minimum Gasteiger partial charge on any atom is -0.370 e. The number of rotatable bonds is 3. The summed E-state index contributed by atoms with van der Waals surface area (Å²) in [5, 5.41) is 3.78. The highest BCUT2D eigenvalue weighted by molar-refractivity contribution is 9.10. The van der Waals surface area contributed by atoms with Gasteiger partial charge in [0.2, 0.25) is 0 Å². The Balaban J connectivity index is 0.00000208. The molecule has 5 nitrogen and oxygen atoms in total. The Kier molecular flexibility index (Phi) is 6.00. The summed E-state index contributed by atoms with van der Waals surface area (Å²) in [6.07, 6.45) is 1.65. The number of hydrogen-bond acceptors (Lipinski definition) is 1. The van der Waals surface area contributed by atoms with Crippen molar-refractivity contribution in [3.05, 3.63) is 70.3 Å². The molecule has 24 heavy (non-hydrogen) atoms. The van der Waals surface area contributed by atoms with Crippen molar-refractivity contribution in [3.8, 4) is 0 Å². The van der Waals surface area contributed by atoms with E-state index in [9.17, 15) is 4.79 Å². The summed E-state index contributed by atoms with van der Waals surface area (Å²) in [4.78, 5) is 19.2. The van der Waals surface area contributed by atoms with Gasteiger partial charge in [-0.15, -0.1) is 12.4 Å². The van der Waals surface area contributed by atoms with Crippen LogP contribution >= 0.6 is 28.3 Å². The van der Waals surface area contributed by atoms with Crippen LogP contribution in [0.4, 0.5) is 0 Å². The summed E-state index contributed by atoms with van der Waals surface area (Å²) >= 11 is 3.38. The SMILES string of the molecule is Cl.NC(=NC(=O)c1c[nH]c2ccccc12)NCc1ccc(Br)cc1. The molecule has 0 aliphatic heterocycles. The molecule has 0 saturated heterocycles. The lowest BCUT2D eigenvalue weighted by molar-refractivity contribution is 0.100. The molecule has 3 aromatic rings. The van der Waals surface area contributed by atoms with Crippen molar-refractivity contribution < 1.29 is 4.79 Å². The van der Waals surface area contributed by atoms with Crippen LogP contribution < -0.4 is 11.1 Å². The Morgan fingerprint density at radius 3 is 2.62 bits per heavy atom. The average molecular weight is 408 g/mol. The zero-order valence-corrected chi connectivity index (χ0v) is 15.0. The van der Waals surface area contributed by atoms with E-state index < -0.39 is 0 Å². The number of nitrogens with two attached hydrogens (primary N) is 1. The molecule has 0 aliphatic rings. The van der Waals surface area contributed by atoms with E-state index in [2.05, 4.69) is 31.2 Å². The second-order valence-electron chi connectivity index (χ2n) is 5.03. The normalized spacial score (nSPS) is 11.1. The number of aromatic amines is 1. The quantitative estimate of drug-likeness (QED) is 0.458. The molecule has 0 saturated carbocycles. The largest absolute Gasteiger partial charge is 0.370 e. The molecule has 1 amide bonds. The van der Waals surface area contributed by atoms with Gasteiger partial charge in [0, 0.05) is 28.1 Å². The molecule has 4 N–H and O–H groups in total. The summed E-state index contributed by atoms with van der Waals surface area (Å²) in [5.74, 6) is -0.272. The number of nitrogens with zero attached hydrogens (tertiary/aromatic N) is 1. The number of halogens is 2. The maximum atomic E-state index is 12.3. The summed E-state index contributed by atoms with van der Waals surface area (Å²) < 4.78 is 1.01. The van der Waals surface area contributed by atoms with E-state index in [1.54, 1.807) is 6.20 Å². The Labute approximate surface area is 153 Å². The highest BCUT2D eigenvalue weighted by atomic mass is 79.9. The summed E-state index contributed by atoms with van der Waals surface area (Å²) in [6, 6.07) is 15.4. The fraction of sp³-hybridized carbons (Fsp3) is 0.0588. The van der Waals surface area contributed by atoms with Gasteiger partial charge in [0.25, 0.3) is 5.91 Å². The van der Waals surface area contributed by atoms with Gasteiger partial charge < -0.3 is 16.0 Å². The van der Waals surface area contributed by atoms with E-state index in [4.69, 9.17) is 5.73 Å². The van der Waals surface area contributed by atoms with E-state index >= 15 is 0 Å². The van der Waals surface area contributed by atoms with E-state index in [0.29, 0.717) is 12.1 Å². The van der Waals surface area contributed by atoms with Crippen LogP contribution in [-0.2, 0) is 6.54 Å². The first-order valence-electron chi connectivity index (χ1n) is 7.06. The molecule has 2 aromatic carbocycles. The van der Waals surface area contributed by atoms with Crippen LogP contribution in [0.25, 0.3) is 10.9 Å². The first kappa shape index (κ1) is 18.0. The minimum atomic E-state index is -0.372. The van der Waals surface area contributed by atoms with Crippen LogP contribution in [0.15, 0.2) is 64.2 Å². The average Bonchev–Trinajstić information content (AvgIpc) is 2.98. The molecule has 1 heterocycles. The third-order valence-electron chi connectivity index (χ3n) is 3.43. The number of amides is 1. The van der Waals surface area contributed by atoms with Gasteiger partial charge in [0.1, 0.15) is 0 Å².